The Balaban J connectivity index is 2.31. The Morgan fingerprint density at radius 3 is 2.37 bits per heavy atom. The van der Waals surface area contributed by atoms with Crippen molar-refractivity contribution in [2.24, 2.45) is 14.1 Å². The van der Waals surface area contributed by atoms with E-state index in [0.717, 1.165) is 28.5 Å². The van der Waals surface area contributed by atoms with E-state index in [9.17, 15) is 0 Å². The van der Waals surface area contributed by atoms with Crippen molar-refractivity contribution in [1.29, 1.82) is 0 Å². The van der Waals surface area contributed by atoms with Gasteiger partial charge in [-0.05, 0) is 20.9 Å². The SMILES string of the molecule is CNC(Cc1c(Cl)c(C)nn1C)c1cn(C)nc1C. The van der Waals surface area contributed by atoms with Crippen LogP contribution in [0.15, 0.2) is 6.20 Å². The van der Waals surface area contributed by atoms with Crippen molar-refractivity contribution < 1.29 is 0 Å². The van der Waals surface area contributed by atoms with Crippen LogP contribution in [-0.4, -0.2) is 26.6 Å². The van der Waals surface area contributed by atoms with Gasteiger partial charge in [0.2, 0.25) is 0 Å². The van der Waals surface area contributed by atoms with Gasteiger partial charge in [0, 0.05) is 38.3 Å². The standard InChI is InChI=1S/C13H20ClN5/c1-8-10(7-18(4)16-8)11(15-3)6-12-13(14)9(2)17-19(12)5/h7,11,15H,6H2,1-5H3. The molecule has 0 spiro atoms. The molecule has 0 amide bonds. The number of hydrogen-bond donors (Lipinski definition) is 1. The molecule has 0 aliphatic rings. The van der Waals surface area contributed by atoms with Crippen LogP contribution in [0, 0.1) is 13.8 Å². The molecule has 0 saturated carbocycles. The molecule has 2 aromatic rings. The number of aryl methyl sites for hydroxylation is 4. The minimum absolute atomic E-state index is 0.181. The molecule has 19 heavy (non-hydrogen) atoms. The normalized spacial score (nSPS) is 12.9. The molecule has 1 unspecified atom stereocenters. The first-order chi connectivity index (χ1) is 8.93. The average molecular weight is 282 g/mol. The molecule has 5 nitrogen and oxygen atoms in total. The van der Waals surface area contributed by atoms with E-state index >= 15 is 0 Å². The van der Waals surface area contributed by atoms with Crippen molar-refractivity contribution in [2.45, 2.75) is 26.3 Å². The fourth-order valence-electron chi connectivity index (χ4n) is 2.42. The molecule has 2 rings (SSSR count). The van der Waals surface area contributed by atoms with Crippen LogP contribution in [0.1, 0.15) is 28.7 Å². The van der Waals surface area contributed by atoms with Gasteiger partial charge < -0.3 is 5.32 Å². The van der Waals surface area contributed by atoms with Gasteiger partial charge in [-0.15, -0.1) is 0 Å². The average Bonchev–Trinajstić information content (AvgIpc) is 2.79. The van der Waals surface area contributed by atoms with Gasteiger partial charge in [-0.25, -0.2) is 0 Å². The lowest BCUT2D eigenvalue weighted by molar-refractivity contribution is 0.559. The minimum Gasteiger partial charge on any atom is -0.313 e. The van der Waals surface area contributed by atoms with Crippen molar-refractivity contribution in [1.82, 2.24) is 24.9 Å². The summed E-state index contributed by atoms with van der Waals surface area (Å²) < 4.78 is 3.69. The first kappa shape index (κ1) is 14.1. The van der Waals surface area contributed by atoms with Crippen molar-refractivity contribution >= 4 is 11.6 Å². The largest absolute Gasteiger partial charge is 0.313 e. The number of hydrogen-bond acceptors (Lipinski definition) is 3. The van der Waals surface area contributed by atoms with Crippen LogP contribution in [0.2, 0.25) is 5.02 Å². The van der Waals surface area contributed by atoms with Gasteiger partial charge in [-0.2, -0.15) is 10.2 Å². The Kier molecular flexibility index (Phi) is 3.96. The first-order valence-electron chi connectivity index (χ1n) is 6.29. The highest BCUT2D eigenvalue weighted by atomic mass is 35.5. The number of rotatable bonds is 4. The fraction of sp³-hybridized carbons (Fsp3) is 0.538. The number of halogens is 1. The Bertz CT molecular complexity index is 584. The molecule has 0 aliphatic carbocycles. The molecule has 0 saturated heterocycles. The fourth-order valence-corrected chi connectivity index (χ4v) is 2.66. The van der Waals surface area contributed by atoms with Gasteiger partial charge in [0.05, 0.1) is 22.1 Å². The van der Waals surface area contributed by atoms with Crippen LogP contribution in [0.5, 0.6) is 0 Å². The van der Waals surface area contributed by atoms with Gasteiger partial charge in [0.15, 0.2) is 0 Å². The van der Waals surface area contributed by atoms with Gasteiger partial charge >= 0.3 is 0 Å². The topological polar surface area (TPSA) is 47.7 Å². The maximum atomic E-state index is 6.32. The highest BCUT2D eigenvalue weighted by Crippen LogP contribution is 2.26. The second-order valence-electron chi connectivity index (χ2n) is 4.86. The van der Waals surface area contributed by atoms with Crippen LogP contribution in [0.4, 0.5) is 0 Å². The molecule has 2 aromatic heterocycles. The second kappa shape index (κ2) is 5.35. The van der Waals surface area contributed by atoms with Crippen LogP contribution < -0.4 is 5.32 Å². The van der Waals surface area contributed by atoms with Crippen LogP contribution >= 0.6 is 11.6 Å². The molecule has 0 aromatic carbocycles. The van der Waals surface area contributed by atoms with Crippen molar-refractivity contribution in [3.8, 4) is 0 Å². The Hall–Kier alpha value is -1.33. The molecule has 0 fully saturated rings. The summed E-state index contributed by atoms with van der Waals surface area (Å²) >= 11 is 6.32. The number of aromatic nitrogens is 4. The Morgan fingerprint density at radius 1 is 1.26 bits per heavy atom. The molecule has 0 aliphatic heterocycles. The predicted molar refractivity (Wildman–Crippen MR) is 76.4 cm³/mol. The van der Waals surface area contributed by atoms with Crippen molar-refractivity contribution in [2.75, 3.05) is 7.05 Å². The van der Waals surface area contributed by atoms with Gasteiger partial charge in [-0.3, -0.25) is 9.36 Å². The van der Waals surface area contributed by atoms with Crippen LogP contribution in [0.25, 0.3) is 0 Å². The predicted octanol–water partition coefficient (Wildman–Crippen LogP) is 1.93. The number of nitrogens with one attached hydrogen (secondary N) is 1. The van der Waals surface area contributed by atoms with E-state index in [-0.39, 0.29) is 6.04 Å². The summed E-state index contributed by atoms with van der Waals surface area (Å²) in [4.78, 5) is 0. The van der Waals surface area contributed by atoms with E-state index in [4.69, 9.17) is 11.6 Å². The molecular weight excluding hydrogens is 262 g/mol. The maximum Gasteiger partial charge on any atom is 0.0847 e. The maximum absolute atomic E-state index is 6.32. The lowest BCUT2D eigenvalue weighted by atomic mass is 10.0. The monoisotopic (exact) mass is 281 g/mol. The smallest absolute Gasteiger partial charge is 0.0847 e. The molecule has 1 atom stereocenters. The molecule has 0 radical (unpaired) electrons. The van der Waals surface area contributed by atoms with E-state index in [2.05, 4.69) is 15.5 Å². The molecule has 2 heterocycles. The highest BCUT2D eigenvalue weighted by Gasteiger charge is 2.20. The third kappa shape index (κ3) is 2.67. The van der Waals surface area contributed by atoms with Gasteiger partial charge in [-0.1, -0.05) is 11.6 Å². The summed E-state index contributed by atoms with van der Waals surface area (Å²) in [5.74, 6) is 0. The summed E-state index contributed by atoms with van der Waals surface area (Å²) in [6.45, 7) is 3.95. The minimum atomic E-state index is 0.181. The molecule has 104 valence electrons. The summed E-state index contributed by atoms with van der Waals surface area (Å²) in [5.41, 5.74) is 4.15. The van der Waals surface area contributed by atoms with Crippen LogP contribution in [0.3, 0.4) is 0 Å². The number of nitrogens with zero attached hydrogens (tertiary/aromatic N) is 4. The summed E-state index contributed by atoms with van der Waals surface area (Å²) in [7, 11) is 5.82. The van der Waals surface area contributed by atoms with Crippen molar-refractivity contribution in [3.63, 3.8) is 0 Å². The Morgan fingerprint density at radius 2 is 1.95 bits per heavy atom. The van der Waals surface area contributed by atoms with E-state index < -0.39 is 0 Å². The molecule has 0 bridgehead atoms. The highest BCUT2D eigenvalue weighted by molar-refractivity contribution is 6.31. The van der Waals surface area contributed by atoms with E-state index in [1.807, 2.05) is 50.6 Å². The second-order valence-corrected chi connectivity index (χ2v) is 5.24. The zero-order valence-electron chi connectivity index (χ0n) is 12.0. The summed E-state index contributed by atoms with van der Waals surface area (Å²) in [5, 5.41) is 12.8. The van der Waals surface area contributed by atoms with Crippen molar-refractivity contribution in [3.05, 3.63) is 33.9 Å². The first-order valence-corrected chi connectivity index (χ1v) is 6.67. The molecular formula is C13H20ClN5. The van der Waals surface area contributed by atoms with Gasteiger partial charge in [0.25, 0.3) is 0 Å². The number of likely N-dealkylation sites (N-methyl/N-ethyl adjacent to an activating group) is 1. The van der Waals surface area contributed by atoms with E-state index in [1.54, 1.807) is 0 Å². The molecule has 1 N–H and O–H groups in total. The molecule has 6 heteroatoms. The summed E-state index contributed by atoms with van der Waals surface area (Å²) in [6.07, 6.45) is 2.84. The zero-order chi connectivity index (χ0) is 14.2. The Labute approximate surface area is 118 Å². The van der Waals surface area contributed by atoms with E-state index in [0.29, 0.717) is 0 Å². The van der Waals surface area contributed by atoms with Crippen LogP contribution in [-0.2, 0) is 20.5 Å². The van der Waals surface area contributed by atoms with E-state index in [1.165, 1.54) is 5.56 Å². The third-order valence-corrected chi connectivity index (χ3v) is 3.93. The lowest BCUT2D eigenvalue weighted by Gasteiger charge is -2.16. The lowest BCUT2D eigenvalue weighted by Crippen LogP contribution is -2.20. The third-order valence-electron chi connectivity index (χ3n) is 3.43. The quantitative estimate of drug-likeness (QED) is 0.931. The van der Waals surface area contributed by atoms with Gasteiger partial charge in [0.1, 0.15) is 0 Å². The zero-order valence-corrected chi connectivity index (χ0v) is 12.8. The summed E-state index contributed by atoms with van der Waals surface area (Å²) in [6, 6.07) is 0.181.